The molecule has 2 N–H and O–H groups in total. The smallest absolute Gasteiger partial charge is 0.350 e. The third-order valence-corrected chi connectivity index (χ3v) is 3.65. The maximum absolute atomic E-state index is 11.7. The van der Waals surface area contributed by atoms with Crippen LogP contribution in [0.5, 0.6) is 5.75 Å². The van der Waals surface area contributed by atoms with Crippen molar-refractivity contribution in [1.29, 1.82) is 0 Å². The van der Waals surface area contributed by atoms with Crippen molar-refractivity contribution in [3.8, 4) is 5.75 Å². The van der Waals surface area contributed by atoms with E-state index in [1.807, 2.05) is 18.9 Å². The predicted molar refractivity (Wildman–Crippen MR) is 70.2 cm³/mol. The monoisotopic (exact) mass is 258 g/mol. The molecule has 1 aromatic rings. The van der Waals surface area contributed by atoms with Gasteiger partial charge in [-0.2, -0.15) is 0 Å². The molecule has 96 valence electrons. The van der Waals surface area contributed by atoms with Crippen molar-refractivity contribution in [2.75, 3.05) is 37.9 Å². The summed E-state index contributed by atoms with van der Waals surface area (Å²) in [5.74, 6) is 0.145. The van der Waals surface area contributed by atoms with E-state index >= 15 is 0 Å². The number of ether oxygens (including phenoxy) is 2. The lowest BCUT2D eigenvalue weighted by atomic mass is 10.3. The minimum atomic E-state index is -0.399. The molecular formula is C11H18N2O3S. The first-order valence-corrected chi connectivity index (χ1v) is 6.22. The first-order chi connectivity index (χ1) is 8.06. The zero-order valence-corrected chi connectivity index (χ0v) is 11.4. The Morgan fingerprint density at radius 3 is 2.59 bits per heavy atom. The highest BCUT2D eigenvalue weighted by Gasteiger charge is 2.24. The highest BCUT2D eigenvalue weighted by atomic mass is 32.1. The summed E-state index contributed by atoms with van der Waals surface area (Å²) in [4.78, 5) is 14.1. The highest BCUT2D eigenvalue weighted by Crippen LogP contribution is 2.44. The molecule has 5 nitrogen and oxygen atoms in total. The molecule has 0 aliphatic rings. The van der Waals surface area contributed by atoms with Crippen LogP contribution in [0.2, 0.25) is 0 Å². The molecular weight excluding hydrogens is 240 g/mol. The van der Waals surface area contributed by atoms with Crippen LogP contribution >= 0.6 is 11.3 Å². The molecule has 1 aromatic heterocycles. The molecule has 1 heterocycles. The van der Waals surface area contributed by atoms with Crippen LogP contribution in [0.15, 0.2) is 0 Å². The number of carbonyl (C=O) groups is 1. The number of anilines is 2. The van der Waals surface area contributed by atoms with E-state index in [0.717, 1.165) is 11.5 Å². The van der Waals surface area contributed by atoms with E-state index in [4.69, 9.17) is 15.2 Å². The van der Waals surface area contributed by atoms with Gasteiger partial charge >= 0.3 is 5.97 Å². The Balaban J connectivity index is 3.17. The van der Waals surface area contributed by atoms with Gasteiger partial charge in [0.15, 0.2) is 5.75 Å². The molecule has 6 heteroatoms. The van der Waals surface area contributed by atoms with Crippen LogP contribution in [0, 0.1) is 0 Å². The lowest BCUT2D eigenvalue weighted by molar-refractivity contribution is 0.0533. The maximum atomic E-state index is 11.7. The SMILES string of the molecule is CCOC(=O)c1sc(N(C)CC)c(OC)c1N. The summed E-state index contributed by atoms with van der Waals surface area (Å²) in [5, 5.41) is 0.843. The second-order valence-electron chi connectivity index (χ2n) is 3.42. The van der Waals surface area contributed by atoms with E-state index < -0.39 is 5.97 Å². The topological polar surface area (TPSA) is 64.8 Å². The third kappa shape index (κ3) is 2.63. The Bertz CT molecular complexity index is 404. The fourth-order valence-electron chi connectivity index (χ4n) is 1.36. The molecule has 0 saturated heterocycles. The molecule has 0 spiro atoms. The normalized spacial score (nSPS) is 10.1. The summed E-state index contributed by atoms with van der Waals surface area (Å²) < 4.78 is 10.2. The Hall–Kier alpha value is -1.43. The third-order valence-electron chi connectivity index (χ3n) is 2.37. The molecule has 0 saturated carbocycles. The molecule has 1 rings (SSSR count). The van der Waals surface area contributed by atoms with Gasteiger partial charge in [0.1, 0.15) is 15.6 Å². The Morgan fingerprint density at radius 2 is 2.12 bits per heavy atom. The minimum absolute atomic E-state index is 0.331. The van der Waals surface area contributed by atoms with Crippen molar-refractivity contribution in [3.63, 3.8) is 0 Å². The van der Waals surface area contributed by atoms with Gasteiger partial charge in [-0.1, -0.05) is 0 Å². The van der Waals surface area contributed by atoms with Crippen molar-refractivity contribution in [2.24, 2.45) is 0 Å². The van der Waals surface area contributed by atoms with Crippen molar-refractivity contribution < 1.29 is 14.3 Å². The summed E-state index contributed by atoms with van der Waals surface area (Å²) in [6.07, 6.45) is 0. The van der Waals surface area contributed by atoms with E-state index in [9.17, 15) is 4.79 Å². The fraction of sp³-hybridized carbons (Fsp3) is 0.545. The highest BCUT2D eigenvalue weighted by molar-refractivity contribution is 7.19. The Labute approximate surface area is 105 Å². The van der Waals surface area contributed by atoms with Crippen molar-refractivity contribution >= 4 is 28.0 Å². The van der Waals surface area contributed by atoms with Gasteiger partial charge in [0.05, 0.1) is 13.7 Å². The lowest BCUT2D eigenvalue weighted by Crippen LogP contribution is -2.15. The second kappa shape index (κ2) is 5.77. The first-order valence-electron chi connectivity index (χ1n) is 5.41. The van der Waals surface area contributed by atoms with Gasteiger partial charge < -0.3 is 20.1 Å². The van der Waals surface area contributed by atoms with Gasteiger partial charge in [-0.05, 0) is 13.8 Å². The number of thiophene rings is 1. The van der Waals surface area contributed by atoms with E-state index in [-0.39, 0.29) is 0 Å². The van der Waals surface area contributed by atoms with Gasteiger partial charge in [-0.25, -0.2) is 4.79 Å². The fourth-order valence-corrected chi connectivity index (χ4v) is 2.47. The first kappa shape index (κ1) is 13.6. The Morgan fingerprint density at radius 1 is 1.47 bits per heavy atom. The molecule has 0 radical (unpaired) electrons. The standard InChI is InChI=1S/C11H18N2O3S/c1-5-13(3)10-8(15-4)7(12)9(17-10)11(14)16-6-2/h5-6,12H2,1-4H3. The molecule has 0 amide bonds. The number of esters is 1. The summed E-state index contributed by atoms with van der Waals surface area (Å²) in [5.41, 5.74) is 6.25. The molecule has 0 unspecified atom stereocenters. The lowest BCUT2D eigenvalue weighted by Gasteiger charge is -2.15. The van der Waals surface area contributed by atoms with Gasteiger partial charge in [0.25, 0.3) is 0 Å². The summed E-state index contributed by atoms with van der Waals surface area (Å²) in [7, 11) is 3.46. The van der Waals surface area contributed by atoms with Crippen LogP contribution in [0.3, 0.4) is 0 Å². The Kier molecular flexibility index (Phi) is 4.62. The molecule has 17 heavy (non-hydrogen) atoms. The average Bonchev–Trinajstić information content (AvgIpc) is 2.65. The zero-order valence-electron chi connectivity index (χ0n) is 10.6. The number of nitrogen functional groups attached to an aromatic ring is 1. The van der Waals surface area contributed by atoms with E-state index in [1.165, 1.54) is 11.3 Å². The predicted octanol–water partition coefficient (Wildman–Crippen LogP) is 1.97. The number of methoxy groups -OCH3 is 1. The second-order valence-corrected chi connectivity index (χ2v) is 4.42. The molecule has 0 fully saturated rings. The van der Waals surface area contributed by atoms with Crippen molar-refractivity contribution in [1.82, 2.24) is 0 Å². The number of hydrogen-bond acceptors (Lipinski definition) is 6. The molecule has 0 bridgehead atoms. The van der Waals surface area contributed by atoms with E-state index in [1.54, 1.807) is 14.0 Å². The minimum Gasteiger partial charge on any atom is -0.492 e. The van der Waals surface area contributed by atoms with Crippen molar-refractivity contribution in [2.45, 2.75) is 13.8 Å². The van der Waals surface area contributed by atoms with Gasteiger partial charge in [-0.15, -0.1) is 11.3 Å². The van der Waals surface area contributed by atoms with Crippen molar-refractivity contribution in [3.05, 3.63) is 4.88 Å². The molecule has 0 aromatic carbocycles. The zero-order chi connectivity index (χ0) is 13.0. The number of hydrogen-bond donors (Lipinski definition) is 1. The van der Waals surface area contributed by atoms with Gasteiger partial charge in [0.2, 0.25) is 0 Å². The maximum Gasteiger partial charge on any atom is 0.350 e. The number of nitrogens with zero attached hydrogens (tertiary/aromatic N) is 1. The number of carbonyl (C=O) groups excluding carboxylic acids is 1. The van der Waals surface area contributed by atoms with Crippen LogP contribution in [-0.2, 0) is 4.74 Å². The molecule has 0 atom stereocenters. The number of rotatable bonds is 5. The largest absolute Gasteiger partial charge is 0.492 e. The van der Waals surface area contributed by atoms with Crippen LogP contribution < -0.4 is 15.4 Å². The number of nitrogens with two attached hydrogens (primary N) is 1. The van der Waals surface area contributed by atoms with E-state index in [2.05, 4.69) is 0 Å². The van der Waals surface area contributed by atoms with Crippen LogP contribution in [-0.4, -0.2) is 33.3 Å². The van der Waals surface area contributed by atoms with E-state index in [0.29, 0.717) is 22.9 Å². The van der Waals surface area contributed by atoms with Crippen LogP contribution in [0.1, 0.15) is 23.5 Å². The van der Waals surface area contributed by atoms with Gasteiger partial charge in [0, 0.05) is 13.6 Å². The molecule has 0 aliphatic heterocycles. The quantitative estimate of drug-likeness (QED) is 0.818. The summed E-state index contributed by atoms with van der Waals surface area (Å²) >= 11 is 1.29. The van der Waals surface area contributed by atoms with Gasteiger partial charge in [-0.3, -0.25) is 0 Å². The van der Waals surface area contributed by atoms with Crippen LogP contribution in [0.25, 0.3) is 0 Å². The van der Waals surface area contributed by atoms with Crippen LogP contribution in [0.4, 0.5) is 10.7 Å². The molecule has 0 aliphatic carbocycles. The average molecular weight is 258 g/mol. The summed E-state index contributed by atoms with van der Waals surface area (Å²) in [6, 6.07) is 0. The summed E-state index contributed by atoms with van der Waals surface area (Å²) in [6.45, 7) is 4.91.